The van der Waals surface area contributed by atoms with Crippen LogP contribution in [0.2, 0.25) is 0 Å². The Hall–Kier alpha value is -0.220. The van der Waals surface area contributed by atoms with Crippen molar-refractivity contribution in [2.24, 2.45) is 11.3 Å². The number of hydrogen-bond donors (Lipinski definition) is 2. The number of hydrazine groups is 1. The lowest BCUT2D eigenvalue weighted by atomic mass is 9.96. The number of thioether (sulfide) groups is 1. The monoisotopic (exact) mass is 190 g/mol. The molecule has 0 aliphatic heterocycles. The van der Waals surface area contributed by atoms with Crippen LogP contribution in [0.3, 0.4) is 0 Å². The number of carbonyl (C=O) groups is 1. The second kappa shape index (κ2) is 5.43. The fourth-order valence-corrected chi connectivity index (χ4v) is 1.81. The highest BCUT2D eigenvalue weighted by Gasteiger charge is 2.26. The smallest absolute Gasteiger partial charge is 0.240 e. The van der Waals surface area contributed by atoms with Gasteiger partial charge in [-0.05, 0) is 12.2 Å². The standard InChI is InChI=1S/C8H18N2OS/c1-4-5-12-6-8(2,3)7(11)10-9/h4-6,9H2,1-3H3,(H,10,11). The molecule has 0 rings (SSSR count). The average molecular weight is 190 g/mol. The molecule has 3 nitrogen and oxygen atoms in total. The Labute approximate surface area is 78.4 Å². The zero-order valence-corrected chi connectivity index (χ0v) is 8.83. The number of amides is 1. The number of carbonyl (C=O) groups excluding carboxylic acids is 1. The van der Waals surface area contributed by atoms with Gasteiger partial charge in [-0.25, -0.2) is 5.84 Å². The third kappa shape index (κ3) is 3.97. The normalized spacial score (nSPS) is 11.3. The highest BCUT2D eigenvalue weighted by atomic mass is 32.2. The Morgan fingerprint density at radius 2 is 2.17 bits per heavy atom. The average Bonchev–Trinajstić information content (AvgIpc) is 2.03. The van der Waals surface area contributed by atoms with Gasteiger partial charge < -0.3 is 0 Å². The van der Waals surface area contributed by atoms with Crippen LogP contribution in [0, 0.1) is 5.41 Å². The van der Waals surface area contributed by atoms with E-state index in [0.717, 1.165) is 17.9 Å². The summed E-state index contributed by atoms with van der Waals surface area (Å²) in [7, 11) is 0. The molecule has 3 N–H and O–H groups in total. The first-order valence-electron chi connectivity index (χ1n) is 4.13. The van der Waals surface area contributed by atoms with E-state index in [2.05, 4.69) is 12.3 Å². The molecule has 0 heterocycles. The van der Waals surface area contributed by atoms with Crippen molar-refractivity contribution in [3.8, 4) is 0 Å². The molecule has 0 saturated carbocycles. The molecule has 0 aliphatic rings. The molecule has 0 unspecified atom stereocenters. The van der Waals surface area contributed by atoms with Crippen molar-refractivity contribution < 1.29 is 4.79 Å². The predicted octanol–water partition coefficient (Wildman–Crippen LogP) is 1.15. The summed E-state index contributed by atoms with van der Waals surface area (Å²) in [6.45, 7) is 5.93. The lowest BCUT2D eigenvalue weighted by molar-refractivity contribution is -0.128. The summed E-state index contributed by atoms with van der Waals surface area (Å²) >= 11 is 1.79. The van der Waals surface area contributed by atoms with E-state index in [4.69, 9.17) is 5.84 Å². The molecule has 0 bridgehead atoms. The maximum atomic E-state index is 11.2. The van der Waals surface area contributed by atoms with Gasteiger partial charge in [0, 0.05) is 5.75 Å². The van der Waals surface area contributed by atoms with E-state index in [1.165, 1.54) is 0 Å². The predicted molar refractivity (Wildman–Crippen MR) is 53.7 cm³/mol. The molecule has 0 radical (unpaired) electrons. The lowest BCUT2D eigenvalue weighted by Gasteiger charge is -2.21. The van der Waals surface area contributed by atoms with Gasteiger partial charge in [-0.2, -0.15) is 11.8 Å². The van der Waals surface area contributed by atoms with Gasteiger partial charge in [-0.1, -0.05) is 20.8 Å². The van der Waals surface area contributed by atoms with E-state index in [1.807, 2.05) is 13.8 Å². The van der Waals surface area contributed by atoms with Gasteiger partial charge in [-0.3, -0.25) is 10.2 Å². The lowest BCUT2D eigenvalue weighted by Crippen LogP contribution is -2.42. The Bertz CT molecular complexity index is 148. The van der Waals surface area contributed by atoms with Gasteiger partial charge in [-0.15, -0.1) is 0 Å². The maximum absolute atomic E-state index is 11.2. The molecule has 0 fully saturated rings. The molecule has 0 aromatic rings. The fourth-order valence-electron chi connectivity index (χ4n) is 0.733. The molecule has 4 heteroatoms. The second-order valence-corrected chi connectivity index (χ2v) is 4.52. The first kappa shape index (κ1) is 11.8. The topological polar surface area (TPSA) is 55.1 Å². The highest BCUT2D eigenvalue weighted by Crippen LogP contribution is 2.21. The zero-order valence-electron chi connectivity index (χ0n) is 8.02. The third-order valence-electron chi connectivity index (χ3n) is 1.56. The van der Waals surface area contributed by atoms with Gasteiger partial charge in [0.05, 0.1) is 5.41 Å². The summed E-state index contributed by atoms with van der Waals surface area (Å²) in [5.41, 5.74) is 1.83. The van der Waals surface area contributed by atoms with Crippen LogP contribution in [0.15, 0.2) is 0 Å². The number of nitrogens with two attached hydrogens (primary N) is 1. The summed E-state index contributed by atoms with van der Waals surface area (Å²) in [6.07, 6.45) is 1.14. The minimum absolute atomic E-state index is 0.0916. The van der Waals surface area contributed by atoms with Crippen LogP contribution in [0.1, 0.15) is 27.2 Å². The SMILES string of the molecule is CCCSCC(C)(C)C(=O)NN. The van der Waals surface area contributed by atoms with E-state index >= 15 is 0 Å². The summed E-state index contributed by atoms with van der Waals surface area (Å²) < 4.78 is 0. The van der Waals surface area contributed by atoms with E-state index in [0.29, 0.717) is 0 Å². The van der Waals surface area contributed by atoms with E-state index in [-0.39, 0.29) is 11.3 Å². The van der Waals surface area contributed by atoms with Gasteiger partial charge in [0.2, 0.25) is 5.91 Å². The second-order valence-electron chi connectivity index (χ2n) is 3.41. The van der Waals surface area contributed by atoms with Crippen molar-refractivity contribution >= 4 is 17.7 Å². The number of nitrogens with one attached hydrogen (secondary N) is 1. The first-order valence-corrected chi connectivity index (χ1v) is 5.29. The Kier molecular flexibility index (Phi) is 5.33. The van der Waals surface area contributed by atoms with E-state index in [1.54, 1.807) is 11.8 Å². The van der Waals surface area contributed by atoms with Crippen LogP contribution in [0.4, 0.5) is 0 Å². The van der Waals surface area contributed by atoms with Gasteiger partial charge >= 0.3 is 0 Å². The molecule has 0 aromatic heterocycles. The van der Waals surface area contributed by atoms with Gasteiger partial charge in [0.1, 0.15) is 0 Å². The van der Waals surface area contributed by atoms with Crippen LogP contribution >= 0.6 is 11.8 Å². The van der Waals surface area contributed by atoms with Crippen molar-refractivity contribution in [1.29, 1.82) is 0 Å². The highest BCUT2D eigenvalue weighted by molar-refractivity contribution is 7.99. The van der Waals surface area contributed by atoms with Gasteiger partial charge in [0.25, 0.3) is 0 Å². The molecule has 0 saturated heterocycles. The quantitative estimate of drug-likeness (QED) is 0.296. The molecule has 0 aromatic carbocycles. The molecule has 1 amide bonds. The molecule has 0 spiro atoms. The van der Waals surface area contributed by atoms with Crippen LogP contribution in [0.5, 0.6) is 0 Å². The molecule has 72 valence electrons. The van der Waals surface area contributed by atoms with Crippen molar-refractivity contribution in [3.05, 3.63) is 0 Å². The van der Waals surface area contributed by atoms with E-state index < -0.39 is 0 Å². The Morgan fingerprint density at radius 3 is 2.58 bits per heavy atom. The van der Waals surface area contributed by atoms with Crippen molar-refractivity contribution in [1.82, 2.24) is 5.43 Å². The minimum Gasteiger partial charge on any atom is -0.294 e. The molecule has 12 heavy (non-hydrogen) atoms. The van der Waals surface area contributed by atoms with Crippen molar-refractivity contribution in [3.63, 3.8) is 0 Å². The fraction of sp³-hybridized carbons (Fsp3) is 0.875. The van der Waals surface area contributed by atoms with Crippen LogP contribution in [0.25, 0.3) is 0 Å². The van der Waals surface area contributed by atoms with Gasteiger partial charge in [0.15, 0.2) is 0 Å². The first-order chi connectivity index (χ1) is 5.54. The summed E-state index contributed by atoms with van der Waals surface area (Å²) in [5.74, 6) is 6.88. The molecular formula is C8H18N2OS. The largest absolute Gasteiger partial charge is 0.294 e. The number of rotatable bonds is 5. The van der Waals surface area contributed by atoms with Crippen molar-refractivity contribution in [2.45, 2.75) is 27.2 Å². The van der Waals surface area contributed by atoms with E-state index in [9.17, 15) is 4.79 Å². The van der Waals surface area contributed by atoms with Crippen LogP contribution in [-0.4, -0.2) is 17.4 Å². The summed E-state index contributed by atoms with van der Waals surface area (Å²) in [5, 5.41) is 0. The molecule has 0 atom stereocenters. The van der Waals surface area contributed by atoms with Crippen LogP contribution < -0.4 is 11.3 Å². The minimum atomic E-state index is -0.353. The zero-order chi connectivity index (χ0) is 9.61. The Morgan fingerprint density at radius 1 is 1.58 bits per heavy atom. The van der Waals surface area contributed by atoms with Crippen LogP contribution in [-0.2, 0) is 4.79 Å². The summed E-state index contributed by atoms with van der Waals surface area (Å²) in [6, 6.07) is 0. The summed E-state index contributed by atoms with van der Waals surface area (Å²) in [4.78, 5) is 11.2. The molecular weight excluding hydrogens is 172 g/mol. The Balaban J connectivity index is 3.78. The maximum Gasteiger partial charge on any atom is 0.240 e. The van der Waals surface area contributed by atoms with Crippen molar-refractivity contribution in [2.75, 3.05) is 11.5 Å². The number of hydrogen-bond acceptors (Lipinski definition) is 3. The molecule has 0 aliphatic carbocycles. The third-order valence-corrected chi connectivity index (χ3v) is 3.18.